The molecule has 16 heavy (non-hydrogen) atoms. The lowest BCUT2D eigenvalue weighted by Gasteiger charge is -2.07. The normalized spacial score (nSPS) is 12.8. The molecular formula is C9H10F3N3S. The summed E-state index contributed by atoms with van der Waals surface area (Å²) in [5, 5.41) is 3.43. The molecule has 1 aromatic carbocycles. The van der Waals surface area contributed by atoms with E-state index in [1.54, 1.807) is 0 Å². The molecule has 0 unspecified atom stereocenters. The molecule has 0 amide bonds. The third-order valence-corrected chi connectivity index (χ3v) is 2.67. The summed E-state index contributed by atoms with van der Waals surface area (Å²) in [5.41, 5.74) is 5.39. The van der Waals surface area contributed by atoms with Crippen molar-refractivity contribution >= 4 is 16.9 Å². The average Bonchev–Trinajstić information content (AvgIpc) is 2.25. The fraction of sp³-hybridized carbons (Fsp3) is 0.222. The number of thioether (sulfide) groups is 1. The third-order valence-electron chi connectivity index (χ3n) is 1.80. The summed E-state index contributed by atoms with van der Waals surface area (Å²) in [6.07, 6.45) is -4.30. The Morgan fingerprint density at radius 1 is 1.25 bits per heavy atom. The van der Waals surface area contributed by atoms with Crippen molar-refractivity contribution < 1.29 is 13.2 Å². The highest BCUT2D eigenvalue weighted by molar-refractivity contribution is 8.13. The van der Waals surface area contributed by atoms with E-state index in [9.17, 15) is 13.2 Å². The molecule has 7 heteroatoms. The van der Waals surface area contributed by atoms with Crippen LogP contribution in [-0.4, -0.2) is 5.17 Å². The summed E-state index contributed by atoms with van der Waals surface area (Å²) in [4.78, 5) is 0. The van der Waals surface area contributed by atoms with Crippen LogP contribution in [0.4, 0.5) is 13.2 Å². The van der Waals surface area contributed by atoms with Crippen LogP contribution in [0.2, 0.25) is 0 Å². The Kier molecular flexibility index (Phi) is 4.05. The van der Waals surface area contributed by atoms with Gasteiger partial charge in [-0.2, -0.15) is 18.3 Å². The summed E-state index contributed by atoms with van der Waals surface area (Å²) >= 11 is 1.16. The summed E-state index contributed by atoms with van der Waals surface area (Å²) in [5.74, 6) is 5.35. The Morgan fingerprint density at radius 2 is 1.81 bits per heavy atom. The van der Waals surface area contributed by atoms with E-state index < -0.39 is 11.7 Å². The topological polar surface area (TPSA) is 64.4 Å². The van der Waals surface area contributed by atoms with Crippen LogP contribution in [0.25, 0.3) is 0 Å². The fourth-order valence-electron chi connectivity index (χ4n) is 0.984. The van der Waals surface area contributed by atoms with Crippen molar-refractivity contribution in [3.63, 3.8) is 0 Å². The van der Waals surface area contributed by atoms with E-state index in [0.717, 1.165) is 29.5 Å². The SMILES string of the molecule is NN=C(N)SCc1ccc(C(F)(F)F)cc1. The average molecular weight is 249 g/mol. The largest absolute Gasteiger partial charge is 0.416 e. The lowest BCUT2D eigenvalue weighted by Crippen LogP contribution is -2.09. The maximum Gasteiger partial charge on any atom is 0.416 e. The van der Waals surface area contributed by atoms with Gasteiger partial charge in [0.1, 0.15) is 0 Å². The second kappa shape index (κ2) is 5.11. The van der Waals surface area contributed by atoms with Crippen LogP contribution < -0.4 is 11.6 Å². The minimum atomic E-state index is -4.30. The summed E-state index contributed by atoms with van der Waals surface area (Å²) < 4.78 is 36.7. The Balaban J connectivity index is 2.65. The van der Waals surface area contributed by atoms with E-state index in [1.807, 2.05) is 0 Å². The molecule has 1 rings (SSSR count). The number of alkyl halides is 3. The molecule has 1 aromatic rings. The standard InChI is InChI=1S/C9H10F3N3S/c10-9(11,12)7-3-1-6(2-4-7)5-16-8(13)15-14/h1-4H,5,14H2,(H2,13,15). The van der Waals surface area contributed by atoms with Gasteiger partial charge in [-0.15, -0.1) is 0 Å². The molecule has 0 spiro atoms. The van der Waals surface area contributed by atoms with E-state index in [1.165, 1.54) is 12.1 Å². The van der Waals surface area contributed by atoms with Crippen molar-refractivity contribution in [1.29, 1.82) is 0 Å². The number of benzene rings is 1. The minimum Gasteiger partial charge on any atom is -0.377 e. The molecule has 0 aliphatic rings. The molecular weight excluding hydrogens is 239 g/mol. The van der Waals surface area contributed by atoms with Gasteiger partial charge in [-0.3, -0.25) is 0 Å². The maximum absolute atomic E-state index is 12.2. The first kappa shape index (κ1) is 12.7. The van der Waals surface area contributed by atoms with Crippen LogP contribution in [0.1, 0.15) is 11.1 Å². The van der Waals surface area contributed by atoms with Gasteiger partial charge < -0.3 is 11.6 Å². The van der Waals surface area contributed by atoms with Crippen molar-refractivity contribution in [1.82, 2.24) is 0 Å². The molecule has 0 fully saturated rings. The Bertz CT molecular complexity index is 373. The van der Waals surface area contributed by atoms with Crippen LogP contribution >= 0.6 is 11.8 Å². The summed E-state index contributed by atoms with van der Waals surface area (Å²) in [7, 11) is 0. The van der Waals surface area contributed by atoms with Crippen LogP contribution in [-0.2, 0) is 11.9 Å². The van der Waals surface area contributed by atoms with E-state index in [4.69, 9.17) is 11.6 Å². The first-order chi connectivity index (χ1) is 7.43. The number of rotatable bonds is 2. The lowest BCUT2D eigenvalue weighted by atomic mass is 10.1. The van der Waals surface area contributed by atoms with Gasteiger partial charge in [0.25, 0.3) is 0 Å². The number of hydrogen-bond donors (Lipinski definition) is 2. The first-order valence-corrected chi connectivity index (χ1v) is 5.24. The molecule has 0 bridgehead atoms. The molecule has 0 aliphatic heterocycles. The molecule has 0 aromatic heterocycles. The van der Waals surface area contributed by atoms with Gasteiger partial charge in [0, 0.05) is 5.75 Å². The lowest BCUT2D eigenvalue weighted by molar-refractivity contribution is -0.137. The van der Waals surface area contributed by atoms with Gasteiger partial charge in [-0.1, -0.05) is 23.9 Å². The van der Waals surface area contributed by atoms with Gasteiger partial charge in [-0.05, 0) is 17.7 Å². The number of nitrogens with two attached hydrogens (primary N) is 2. The van der Waals surface area contributed by atoms with Crippen LogP contribution in [0.15, 0.2) is 29.4 Å². The number of hydrogen-bond acceptors (Lipinski definition) is 3. The maximum atomic E-state index is 12.2. The number of nitrogens with zero attached hydrogens (tertiary/aromatic N) is 1. The summed E-state index contributed by atoms with van der Waals surface area (Å²) in [6, 6.07) is 4.87. The highest BCUT2D eigenvalue weighted by atomic mass is 32.2. The van der Waals surface area contributed by atoms with Crippen LogP contribution in [0.5, 0.6) is 0 Å². The molecule has 0 radical (unpaired) electrons. The molecule has 0 saturated heterocycles. The van der Waals surface area contributed by atoms with E-state index in [2.05, 4.69) is 5.10 Å². The molecule has 0 saturated carbocycles. The zero-order valence-electron chi connectivity index (χ0n) is 8.16. The van der Waals surface area contributed by atoms with Crippen molar-refractivity contribution in [2.75, 3.05) is 0 Å². The number of halogens is 3. The second-order valence-corrected chi connectivity index (χ2v) is 3.95. The molecule has 0 heterocycles. The Hall–Kier alpha value is -1.37. The predicted molar refractivity (Wildman–Crippen MR) is 58.5 cm³/mol. The van der Waals surface area contributed by atoms with Gasteiger partial charge in [-0.25, -0.2) is 0 Å². The molecule has 4 N–H and O–H groups in total. The van der Waals surface area contributed by atoms with Gasteiger partial charge in [0.05, 0.1) is 5.56 Å². The fourth-order valence-corrected chi connectivity index (χ4v) is 1.57. The third kappa shape index (κ3) is 3.65. The highest BCUT2D eigenvalue weighted by Gasteiger charge is 2.29. The molecule has 0 aliphatic carbocycles. The highest BCUT2D eigenvalue weighted by Crippen LogP contribution is 2.29. The molecule has 0 atom stereocenters. The van der Waals surface area contributed by atoms with E-state index in [-0.39, 0.29) is 5.17 Å². The van der Waals surface area contributed by atoms with E-state index in [0.29, 0.717) is 5.75 Å². The summed E-state index contributed by atoms with van der Waals surface area (Å²) in [6.45, 7) is 0. The van der Waals surface area contributed by atoms with Gasteiger partial charge in [0.2, 0.25) is 0 Å². The van der Waals surface area contributed by atoms with Gasteiger partial charge in [0.15, 0.2) is 5.17 Å². The van der Waals surface area contributed by atoms with Crippen molar-refractivity contribution in [2.45, 2.75) is 11.9 Å². The molecule has 3 nitrogen and oxygen atoms in total. The van der Waals surface area contributed by atoms with E-state index >= 15 is 0 Å². The zero-order valence-corrected chi connectivity index (χ0v) is 8.98. The van der Waals surface area contributed by atoms with Crippen molar-refractivity contribution in [3.8, 4) is 0 Å². The van der Waals surface area contributed by atoms with Crippen LogP contribution in [0, 0.1) is 0 Å². The monoisotopic (exact) mass is 249 g/mol. The predicted octanol–water partition coefficient (Wildman–Crippen LogP) is 2.13. The Labute approximate surface area is 94.7 Å². The van der Waals surface area contributed by atoms with Crippen molar-refractivity contribution in [2.24, 2.45) is 16.7 Å². The molecule has 88 valence electrons. The van der Waals surface area contributed by atoms with Crippen molar-refractivity contribution in [3.05, 3.63) is 35.4 Å². The zero-order chi connectivity index (χ0) is 12.2. The number of hydrazone groups is 1. The first-order valence-electron chi connectivity index (χ1n) is 4.26. The quantitative estimate of drug-likeness (QED) is 0.365. The minimum absolute atomic E-state index is 0.194. The second-order valence-electron chi connectivity index (χ2n) is 2.95. The van der Waals surface area contributed by atoms with Gasteiger partial charge >= 0.3 is 6.18 Å². The number of amidine groups is 1. The van der Waals surface area contributed by atoms with Crippen LogP contribution in [0.3, 0.4) is 0 Å². The smallest absolute Gasteiger partial charge is 0.377 e. The Morgan fingerprint density at radius 3 is 2.25 bits per heavy atom.